The van der Waals surface area contributed by atoms with Gasteiger partial charge in [0.15, 0.2) is 0 Å². The number of nitro groups is 1. The second-order valence-corrected chi connectivity index (χ2v) is 2.56. The molecular weight excluding hydrogens is 169 g/mol. The molecule has 5 nitrogen and oxygen atoms in total. The standard InChI is InChI=1S/C7H4NO4.Li/c9-7(10)5-1-3-6(4-2-5)8(11)12;/h1,3-4H,(H,9,10);. The summed E-state index contributed by atoms with van der Waals surface area (Å²) in [5, 5.41) is 18.9. The molecule has 1 rings (SSSR count). The Morgan fingerprint density at radius 3 is 2.54 bits per heavy atom. The third-order valence-corrected chi connectivity index (χ3v) is 1.65. The van der Waals surface area contributed by atoms with Gasteiger partial charge in [-0.15, -0.1) is 0 Å². The van der Waals surface area contributed by atoms with Crippen LogP contribution in [0.15, 0.2) is 18.2 Å². The van der Waals surface area contributed by atoms with Crippen molar-refractivity contribution in [3.05, 3.63) is 33.9 Å². The van der Waals surface area contributed by atoms with Crippen LogP contribution in [0.5, 0.6) is 0 Å². The Hall–Kier alpha value is -1.31. The predicted octanol–water partition coefficient (Wildman–Crippen LogP) is 0.0868. The zero-order valence-electron chi connectivity index (χ0n) is 6.85. The summed E-state index contributed by atoms with van der Waals surface area (Å²) in [6.45, 7) is 0. The fraction of sp³-hybridized carbons (Fsp3) is 0. The summed E-state index contributed by atoms with van der Waals surface area (Å²) in [5.41, 5.74) is -0.00639. The molecule has 0 spiro atoms. The van der Waals surface area contributed by atoms with E-state index >= 15 is 0 Å². The van der Waals surface area contributed by atoms with Gasteiger partial charge in [-0.2, -0.15) is 0 Å². The quantitative estimate of drug-likeness (QED) is 0.390. The van der Waals surface area contributed by atoms with E-state index in [0.717, 1.165) is 0 Å². The molecule has 0 atom stereocenters. The molecule has 0 aromatic heterocycles. The van der Waals surface area contributed by atoms with Gasteiger partial charge in [-0.25, -0.2) is 0 Å². The number of nitrogens with zero attached hydrogens (tertiary/aromatic N) is 1. The number of carbonyl (C=O) groups is 1. The Morgan fingerprint density at radius 1 is 1.54 bits per heavy atom. The van der Waals surface area contributed by atoms with Crippen molar-refractivity contribution in [3.8, 4) is 0 Å². The van der Waals surface area contributed by atoms with Crippen LogP contribution in [0.4, 0.5) is 5.69 Å². The van der Waals surface area contributed by atoms with Crippen LogP contribution in [0.3, 0.4) is 0 Å². The molecular formula is C7H4LiNO4. The van der Waals surface area contributed by atoms with Crippen LogP contribution in [0.1, 0.15) is 10.4 Å². The SMILES string of the molecule is [Li][c]1cc([N+](=O)[O-])ccc1C(=O)O. The number of carboxylic acid groups (broad SMARTS) is 1. The van der Waals surface area contributed by atoms with Gasteiger partial charge in [0.2, 0.25) is 0 Å². The Labute approximate surface area is 82.7 Å². The first-order valence-electron chi connectivity index (χ1n) is 3.50. The van der Waals surface area contributed by atoms with Gasteiger partial charge in [0, 0.05) is 0 Å². The number of benzene rings is 1. The monoisotopic (exact) mass is 173 g/mol. The minimum absolute atomic E-state index is 0.0885. The fourth-order valence-electron chi connectivity index (χ4n) is 1.00. The zero-order chi connectivity index (χ0) is 10.0. The molecule has 0 aliphatic rings. The first-order chi connectivity index (χ1) is 6.02. The van der Waals surface area contributed by atoms with Crippen molar-refractivity contribution >= 4 is 33.6 Å². The van der Waals surface area contributed by atoms with Crippen LogP contribution in [-0.4, -0.2) is 33.7 Å². The molecule has 0 aliphatic heterocycles. The number of carboxylic acids is 1. The van der Waals surface area contributed by atoms with Crippen LogP contribution in [-0.2, 0) is 0 Å². The second kappa shape index (κ2) is 3.60. The number of nitro benzene ring substituents is 1. The average Bonchev–Trinajstić information content (AvgIpc) is 2.03. The number of hydrogen-bond donors (Lipinski definition) is 1. The van der Waals surface area contributed by atoms with E-state index in [-0.39, 0.29) is 11.3 Å². The fourth-order valence-corrected chi connectivity index (χ4v) is 1.00. The van der Waals surface area contributed by atoms with Gasteiger partial charge in [-0.3, -0.25) is 0 Å². The molecule has 0 heterocycles. The van der Waals surface area contributed by atoms with E-state index < -0.39 is 10.9 Å². The van der Waals surface area contributed by atoms with Crippen molar-refractivity contribution in [1.82, 2.24) is 0 Å². The molecule has 1 N–H and O–H groups in total. The Morgan fingerprint density at radius 2 is 2.15 bits per heavy atom. The van der Waals surface area contributed by atoms with Crippen molar-refractivity contribution in [1.29, 1.82) is 0 Å². The molecule has 0 bridgehead atoms. The van der Waals surface area contributed by atoms with E-state index in [1.807, 2.05) is 0 Å². The van der Waals surface area contributed by atoms with Gasteiger partial charge in [-0.05, 0) is 0 Å². The van der Waals surface area contributed by atoms with Gasteiger partial charge in [0.05, 0.1) is 0 Å². The summed E-state index contributed by atoms with van der Waals surface area (Å²) in [5.74, 6) is -1.08. The second-order valence-electron chi connectivity index (χ2n) is 2.56. The van der Waals surface area contributed by atoms with Crippen molar-refractivity contribution in [3.63, 3.8) is 0 Å². The molecule has 6 heteroatoms. The predicted molar refractivity (Wildman–Crippen MR) is 45.4 cm³/mol. The van der Waals surface area contributed by atoms with Crippen LogP contribution in [0.25, 0.3) is 0 Å². The summed E-state index contributed by atoms with van der Waals surface area (Å²) in [7, 11) is 0. The number of non-ortho nitro benzene ring substituents is 1. The summed E-state index contributed by atoms with van der Waals surface area (Å²) in [6.07, 6.45) is 0. The summed E-state index contributed by atoms with van der Waals surface area (Å²) < 4.78 is 0.390. The Bertz CT molecular complexity index is 377. The normalized spacial score (nSPS) is 9.69. The molecule has 0 unspecified atom stereocenters. The van der Waals surface area contributed by atoms with Gasteiger partial charge < -0.3 is 0 Å². The van der Waals surface area contributed by atoms with Gasteiger partial charge in [0.25, 0.3) is 0 Å². The topological polar surface area (TPSA) is 80.4 Å². The van der Waals surface area contributed by atoms with E-state index in [9.17, 15) is 14.9 Å². The van der Waals surface area contributed by atoms with E-state index in [0.29, 0.717) is 4.24 Å². The zero-order valence-corrected chi connectivity index (χ0v) is 6.85. The van der Waals surface area contributed by atoms with Gasteiger partial charge >= 0.3 is 82.3 Å². The molecule has 0 saturated carbocycles. The number of hydrogen-bond acceptors (Lipinski definition) is 3. The summed E-state index contributed by atoms with van der Waals surface area (Å²) >= 11 is 1.52. The molecule has 0 saturated heterocycles. The Balaban J connectivity index is 3.20. The first kappa shape index (κ1) is 9.77. The van der Waals surface area contributed by atoms with Gasteiger partial charge in [-0.1, -0.05) is 0 Å². The van der Waals surface area contributed by atoms with Crippen molar-refractivity contribution in [2.75, 3.05) is 0 Å². The van der Waals surface area contributed by atoms with Crippen LogP contribution < -0.4 is 4.24 Å². The molecule has 0 amide bonds. The molecule has 13 heavy (non-hydrogen) atoms. The van der Waals surface area contributed by atoms with E-state index in [4.69, 9.17) is 5.11 Å². The van der Waals surface area contributed by atoms with Crippen molar-refractivity contribution in [2.45, 2.75) is 0 Å². The first-order valence-corrected chi connectivity index (χ1v) is 3.50. The summed E-state index contributed by atoms with van der Waals surface area (Å²) in [4.78, 5) is 20.3. The number of aromatic carboxylic acids is 1. The minimum atomic E-state index is -1.08. The van der Waals surface area contributed by atoms with Crippen LogP contribution in [0, 0.1) is 10.1 Å². The van der Waals surface area contributed by atoms with E-state index in [1.165, 1.54) is 35.9 Å². The average molecular weight is 173 g/mol. The van der Waals surface area contributed by atoms with Gasteiger partial charge in [0.1, 0.15) is 0 Å². The molecule has 62 valence electrons. The molecule has 0 aliphatic carbocycles. The molecule has 1 aromatic rings. The third-order valence-electron chi connectivity index (χ3n) is 1.65. The molecule has 1 aromatic carbocycles. The van der Waals surface area contributed by atoms with Crippen LogP contribution >= 0.6 is 0 Å². The maximum absolute atomic E-state index is 10.5. The van der Waals surface area contributed by atoms with E-state index in [1.54, 1.807) is 0 Å². The van der Waals surface area contributed by atoms with Crippen molar-refractivity contribution < 1.29 is 14.8 Å². The number of rotatable bonds is 2. The molecule has 0 radical (unpaired) electrons. The maximum atomic E-state index is 10.5. The van der Waals surface area contributed by atoms with E-state index in [2.05, 4.69) is 0 Å². The molecule has 0 fully saturated rings. The Kier molecular flexibility index (Phi) is 2.71. The van der Waals surface area contributed by atoms with Crippen molar-refractivity contribution in [2.24, 2.45) is 0 Å². The third kappa shape index (κ3) is 2.08. The van der Waals surface area contributed by atoms with Crippen LogP contribution in [0.2, 0.25) is 0 Å². The summed E-state index contributed by atoms with van der Waals surface area (Å²) in [6, 6.07) is 3.65.